The molecule has 1 aliphatic heterocycles. The molecule has 4 aromatic rings. The van der Waals surface area contributed by atoms with Gasteiger partial charge in [-0.05, 0) is 45.7 Å². The van der Waals surface area contributed by atoms with Crippen LogP contribution in [-0.2, 0) is 20.4 Å². The molecule has 2 aliphatic rings. The summed E-state index contributed by atoms with van der Waals surface area (Å²) in [5.41, 5.74) is 1.58. The molecule has 1 aliphatic carbocycles. The summed E-state index contributed by atoms with van der Waals surface area (Å²) in [4.78, 5) is 44.4. The predicted molar refractivity (Wildman–Crippen MR) is 190 cm³/mol. The first-order valence-electron chi connectivity index (χ1n) is 17.7. The number of hydrogen-bond acceptors (Lipinski definition) is 12. The molecule has 0 bridgehead atoms. The lowest BCUT2D eigenvalue weighted by Gasteiger charge is -2.44. The largest absolute Gasteiger partial charge is 0.478 e. The number of halogens is 3. The monoisotopic (exact) mass is 725 g/mol. The molecule has 4 aromatic heterocycles. The molecule has 6 rings (SSSR count). The lowest BCUT2D eigenvalue weighted by Crippen LogP contribution is -2.52. The van der Waals surface area contributed by atoms with Gasteiger partial charge < -0.3 is 29.0 Å². The van der Waals surface area contributed by atoms with E-state index in [9.17, 15) is 18.0 Å². The van der Waals surface area contributed by atoms with Crippen molar-refractivity contribution in [2.45, 2.75) is 58.7 Å². The number of H-pyrrole nitrogens is 1. The number of esters is 1. The second kappa shape index (κ2) is 15.6. The van der Waals surface area contributed by atoms with Crippen molar-refractivity contribution < 1.29 is 32.2 Å². The second-order valence-electron chi connectivity index (χ2n) is 13.6. The van der Waals surface area contributed by atoms with Crippen molar-refractivity contribution in [1.82, 2.24) is 34.8 Å². The molecule has 5 heterocycles. The summed E-state index contributed by atoms with van der Waals surface area (Å²) in [7, 11) is 3.66. The lowest BCUT2D eigenvalue weighted by molar-refractivity contribution is -0.143. The van der Waals surface area contributed by atoms with Crippen molar-refractivity contribution in [2.75, 3.05) is 76.5 Å². The third kappa shape index (κ3) is 8.22. The minimum Gasteiger partial charge on any atom is -0.478 e. The number of carbonyl (C=O) groups is 1. The van der Waals surface area contributed by atoms with E-state index >= 15 is 0 Å². The van der Waals surface area contributed by atoms with Gasteiger partial charge in [-0.1, -0.05) is 6.42 Å². The van der Waals surface area contributed by atoms with Crippen molar-refractivity contribution in [3.63, 3.8) is 0 Å². The molecular weight excluding hydrogens is 679 g/mol. The number of aromatic amines is 1. The summed E-state index contributed by atoms with van der Waals surface area (Å²) in [6.45, 7) is 10.3. The molecule has 0 amide bonds. The average Bonchev–Trinajstić information content (AvgIpc) is 3.54. The van der Waals surface area contributed by atoms with E-state index in [2.05, 4.69) is 31.6 Å². The highest BCUT2D eigenvalue weighted by molar-refractivity contribution is 5.91. The Morgan fingerprint density at radius 2 is 1.87 bits per heavy atom. The number of alkyl halides is 3. The molecule has 13 nitrogen and oxygen atoms in total. The van der Waals surface area contributed by atoms with E-state index in [0.29, 0.717) is 61.1 Å². The van der Waals surface area contributed by atoms with Gasteiger partial charge >= 0.3 is 12.1 Å². The number of nitrogens with zero attached hydrogens (tertiary/aromatic N) is 8. The Morgan fingerprint density at radius 1 is 1.06 bits per heavy atom. The molecular formula is C36H46F3N9O4. The third-order valence-electron chi connectivity index (χ3n) is 9.85. The van der Waals surface area contributed by atoms with Crippen LogP contribution in [0.2, 0.25) is 0 Å². The van der Waals surface area contributed by atoms with Gasteiger partial charge in [-0.15, -0.1) is 0 Å². The maximum atomic E-state index is 13.9. The highest BCUT2D eigenvalue weighted by Gasteiger charge is 2.39. The quantitative estimate of drug-likeness (QED) is 0.162. The summed E-state index contributed by atoms with van der Waals surface area (Å²) < 4.78 is 57.8. The van der Waals surface area contributed by atoms with Crippen LogP contribution in [0.5, 0.6) is 5.88 Å². The molecule has 16 heteroatoms. The Kier molecular flexibility index (Phi) is 11.1. The molecule has 1 atom stereocenters. The Balaban J connectivity index is 1.30. The zero-order valence-electron chi connectivity index (χ0n) is 30.3. The predicted octanol–water partition coefficient (Wildman–Crippen LogP) is 5.61. The standard InChI is InChI=1S/C36H46F3N9O4/c1-6-51-30-16-24(15-28(43-30)36(37,38)39)25-17-27(46(4)21-35(22-50-5)10-8-11-35)32-34(42-25)45-33(44-32)26-18-41-29(19-40-26)48-14-13-47(23(3)20-48)12-9-31(49)52-7-2/h15-19,23H,6-14,20-22H2,1-5H3,(H,42,44,45)/t23-/m1/s1. The Hall–Kier alpha value is -4.57. The Morgan fingerprint density at radius 3 is 2.50 bits per heavy atom. The van der Waals surface area contributed by atoms with Crippen LogP contribution in [0.1, 0.15) is 52.1 Å². The number of hydrogen-bond donors (Lipinski definition) is 1. The first-order chi connectivity index (χ1) is 24.9. The van der Waals surface area contributed by atoms with Gasteiger partial charge in [0.15, 0.2) is 11.5 Å². The SMILES string of the molecule is CCOC(=O)CCN1CCN(c2cnc(-c3nc4nc(-c5cc(OCC)nc(C(F)(F)F)c5)cc(N(C)CC5(COC)CCC5)c4[nH]3)cn2)C[C@H]1C. The summed E-state index contributed by atoms with van der Waals surface area (Å²) in [5.74, 6) is 0.834. The Bertz CT molecular complexity index is 1850. The molecule has 0 spiro atoms. The van der Waals surface area contributed by atoms with Gasteiger partial charge in [0.25, 0.3) is 0 Å². The van der Waals surface area contributed by atoms with Gasteiger partial charge in [0.05, 0.1) is 50.0 Å². The van der Waals surface area contributed by atoms with Gasteiger partial charge in [0.2, 0.25) is 5.88 Å². The lowest BCUT2D eigenvalue weighted by atomic mass is 9.69. The Labute approximate surface area is 300 Å². The van der Waals surface area contributed by atoms with Crippen LogP contribution in [0.3, 0.4) is 0 Å². The molecule has 0 radical (unpaired) electrons. The third-order valence-corrected chi connectivity index (χ3v) is 9.85. The summed E-state index contributed by atoms with van der Waals surface area (Å²) in [5, 5.41) is 0. The molecule has 1 saturated heterocycles. The van der Waals surface area contributed by atoms with E-state index in [4.69, 9.17) is 34.1 Å². The molecule has 52 heavy (non-hydrogen) atoms. The molecule has 1 N–H and O–H groups in total. The molecule has 2 fully saturated rings. The highest BCUT2D eigenvalue weighted by atomic mass is 19.4. The van der Waals surface area contributed by atoms with Gasteiger partial charge in [0.1, 0.15) is 22.7 Å². The number of piperazine rings is 1. The van der Waals surface area contributed by atoms with Crippen LogP contribution in [0.4, 0.5) is 24.7 Å². The van der Waals surface area contributed by atoms with Crippen LogP contribution in [-0.4, -0.2) is 114 Å². The number of ether oxygens (including phenoxy) is 3. The first-order valence-corrected chi connectivity index (χ1v) is 17.7. The van der Waals surface area contributed by atoms with Gasteiger partial charge in [-0.3, -0.25) is 9.69 Å². The van der Waals surface area contributed by atoms with Crippen LogP contribution in [0, 0.1) is 5.41 Å². The fourth-order valence-electron chi connectivity index (χ4n) is 7.09. The normalized spacial score (nSPS) is 17.6. The molecule has 0 aromatic carbocycles. The summed E-state index contributed by atoms with van der Waals surface area (Å²) >= 11 is 0. The van der Waals surface area contributed by atoms with Gasteiger partial charge in [-0.2, -0.15) is 13.2 Å². The number of rotatable bonds is 14. The fourth-order valence-corrected chi connectivity index (χ4v) is 7.09. The number of fused-ring (bicyclic) bond motifs is 1. The summed E-state index contributed by atoms with van der Waals surface area (Å²) in [6.07, 6.45) is 2.19. The fraction of sp³-hybridized carbons (Fsp3) is 0.556. The van der Waals surface area contributed by atoms with Crippen molar-refractivity contribution in [3.8, 4) is 28.7 Å². The number of aromatic nitrogens is 6. The molecule has 1 saturated carbocycles. The number of methoxy groups -OCH3 is 1. The van der Waals surface area contributed by atoms with E-state index in [-0.39, 0.29) is 35.5 Å². The zero-order chi connectivity index (χ0) is 37.0. The second-order valence-corrected chi connectivity index (χ2v) is 13.6. The number of anilines is 2. The number of carbonyl (C=O) groups excluding carboxylic acids is 1. The van der Waals surface area contributed by atoms with Crippen LogP contribution >= 0.6 is 0 Å². The molecule has 280 valence electrons. The summed E-state index contributed by atoms with van der Waals surface area (Å²) in [6, 6.07) is 4.43. The number of pyridine rings is 2. The minimum atomic E-state index is -4.68. The van der Waals surface area contributed by atoms with Crippen molar-refractivity contribution >= 4 is 28.6 Å². The average molecular weight is 726 g/mol. The van der Waals surface area contributed by atoms with E-state index in [1.165, 1.54) is 6.07 Å². The number of imidazole rings is 1. The van der Waals surface area contributed by atoms with Gasteiger partial charge in [-0.25, -0.2) is 24.9 Å². The van der Waals surface area contributed by atoms with Crippen molar-refractivity contribution in [2.24, 2.45) is 5.41 Å². The number of nitrogens with one attached hydrogen (secondary N) is 1. The first kappa shape index (κ1) is 37.2. The van der Waals surface area contributed by atoms with Crippen molar-refractivity contribution in [1.29, 1.82) is 0 Å². The van der Waals surface area contributed by atoms with E-state index < -0.39 is 11.9 Å². The smallest absolute Gasteiger partial charge is 0.433 e. The van der Waals surface area contributed by atoms with Crippen LogP contribution in [0.25, 0.3) is 33.9 Å². The maximum absolute atomic E-state index is 13.9. The molecule has 0 unspecified atom stereocenters. The van der Waals surface area contributed by atoms with E-state index in [0.717, 1.165) is 56.5 Å². The van der Waals surface area contributed by atoms with Crippen LogP contribution < -0.4 is 14.5 Å². The van der Waals surface area contributed by atoms with Gasteiger partial charge in [0, 0.05) is 70.0 Å². The van der Waals surface area contributed by atoms with Crippen LogP contribution in [0.15, 0.2) is 30.6 Å². The zero-order valence-corrected chi connectivity index (χ0v) is 30.3. The maximum Gasteiger partial charge on any atom is 0.433 e. The van der Waals surface area contributed by atoms with E-state index in [1.807, 2.05) is 7.05 Å². The minimum absolute atomic E-state index is 0.0322. The van der Waals surface area contributed by atoms with Crippen molar-refractivity contribution in [3.05, 3.63) is 36.3 Å². The highest BCUT2D eigenvalue weighted by Crippen LogP contribution is 2.43. The topological polar surface area (TPSA) is 135 Å². The van der Waals surface area contributed by atoms with E-state index in [1.54, 1.807) is 39.4 Å².